The molecule has 0 saturated carbocycles. The van der Waals surface area contributed by atoms with E-state index in [0.717, 1.165) is 11.3 Å². The molecule has 0 saturated heterocycles. The van der Waals surface area contributed by atoms with Crippen LogP contribution in [0.3, 0.4) is 0 Å². The van der Waals surface area contributed by atoms with Crippen LogP contribution < -0.4 is 10.1 Å². The number of hydrogen-bond acceptors (Lipinski definition) is 3. The predicted molar refractivity (Wildman–Crippen MR) is 95.8 cm³/mol. The highest BCUT2D eigenvalue weighted by molar-refractivity contribution is 5.79. The topological polar surface area (TPSA) is 60.7 Å². The molecule has 5 nitrogen and oxygen atoms in total. The first-order valence-corrected chi connectivity index (χ1v) is 7.80. The molecule has 2 aromatic carbocycles. The molecule has 1 N–H and O–H groups in total. The Bertz CT molecular complexity index is 781. The molecule has 0 atom stereocenters. The van der Waals surface area contributed by atoms with Gasteiger partial charge in [0.25, 0.3) is 0 Å². The van der Waals surface area contributed by atoms with Crippen LogP contribution in [-0.4, -0.2) is 32.1 Å². The van der Waals surface area contributed by atoms with Crippen LogP contribution in [0.2, 0.25) is 0 Å². The van der Waals surface area contributed by atoms with Gasteiger partial charge in [-0.05, 0) is 29.8 Å². The summed E-state index contributed by atoms with van der Waals surface area (Å²) in [6.45, 7) is 0.941. The van der Waals surface area contributed by atoms with Gasteiger partial charge in [0.05, 0.1) is 18.7 Å². The first kappa shape index (κ1) is 18.3. The largest absolute Gasteiger partial charge is 0.497 e. The molecule has 0 radical (unpaired) electrons. The van der Waals surface area contributed by atoms with Crippen LogP contribution in [0.15, 0.2) is 47.5 Å². The van der Waals surface area contributed by atoms with Crippen LogP contribution in [0.5, 0.6) is 5.75 Å². The van der Waals surface area contributed by atoms with E-state index in [1.54, 1.807) is 26.3 Å². The number of nitriles is 1. The Kier molecular flexibility index (Phi) is 6.35. The first-order chi connectivity index (χ1) is 12.1. The Morgan fingerprint density at radius 3 is 2.56 bits per heavy atom. The molecule has 2 aromatic rings. The summed E-state index contributed by atoms with van der Waals surface area (Å²) in [7, 11) is 5.23. The fourth-order valence-corrected chi connectivity index (χ4v) is 2.40. The molecule has 0 aliphatic rings. The first-order valence-electron chi connectivity index (χ1n) is 7.80. The summed E-state index contributed by atoms with van der Waals surface area (Å²) >= 11 is 0. The fourth-order valence-electron chi connectivity index (χ4n) is 2.40. The molecule has 0 aliphatic carbocycles. The lowest BCUT2D eigenvalue weighted by Gasteiger charge is -2.22. The van der Waals surface area contributed by atoms with E-state index in [-0.39, 0.29) is 6.54 Å². The van der Waals surface area contributed by atoms with Gasteiger partial charge >= 0.3 is 0 Å². The fraction of sp³-hybridized carbons (Fsp3) is 0.263. The molecule has 0 heterocycles. The van der Waals surface area contributed by atoms with Gasteiger partial charge in [-0.1, -0.05) is 18.2 Å². The summed E-state index contributed by atoms with van der Waals surface area (Å²) in [5.74, 6) is 1.06. The zero-order valence-electron chi connectivity index (χ0n) is 14.6. The van der Waals surface area contributed by atoms with Crippen molar-refractivity contribution in [1.29, 1.82) is 5.26 Å². The van der Waals surface area contributed by atoms with E-state index >= 15 is 0 Å². The Morgan fingerprint density at radius 1 is 1.28 bits per heavy atom. The zero-order valence-corrected chi connectivity index (χ0v) is 14.6. The third-order valence-electron chi connectivity index (χ3n) is 3.77. The Morgan fingerprint density at radius 2 is 2.00 bits per heavy atom. The summed E-state index contributed by atoms with van der Waals surface area (Å²) in [5, 5.41) is 11.9. The summed E-state index contributed by atoms with van der Waals surface area (Å²) in [5.41, 5.74) is 1.90. The van der Waals surface area contributed by atoms with Gasteiger partial charge < -0.3 is 15.0 Å². The van der Waals surface area contributed by atoms with Crippen molar-refractivity contribution in [2.45, 2.75) is 13.1 Å². The second kappa shape index (κ2) is 8.69. The monoisotopic (exact) mass is 340 g/mol. The molecule has 0 aromatic heterocycles. The number of methoxy groups -OCH3 is 1. The average Bonchev–Trinajstić information content (AvgIpc) is 2.63. The van der Waals surface area contributed by atoms with Crippen molar-refractivity contribution in [1.82, 2.24) is 10.2 Å². The van der Waals surface area contributed by atoms with E-state index in [9.17, 15) is 4.39 Å². The van der Waals surface area contributed by atoms with E-state index < -0.39 is 5.82 Å². The highest BCUT2D eigenvalue weighted by Crippen LogP contribution is 2.13. The zero-order chi connectivity index (χ0) is 18.2. The van der Waals surface area contributed by atoms with Gasteiger partial charge in [0, 0.05) is 32.7 Å². The lowest BCUT2D eigenvalue weighted by atomic mass is 10.1. The minimum atomic E-state index is -0.403. The number of benzene rings is 2. The van der Waals surface area contributed by atoms with Crippen molar-refractivity contribution >= 4 is 5.96 Å². The van der Waals surface area contributed by atoms with Crippen molar-refractivity contribution in [2.75, 3.05) is 21.2 Å². The van der Waals surface area contributed by atoms with Crippen molar-refractivity contribution < 1.29 is 9.13 Å². The number of nitrogens with zero attached hydrogens (tertiary/aromatic N) is 3. The van der Waals surface area contributed by atoms with E-state index in [0.29, 0.717) is 23.6 Å². The van der Waals surface area contributed by atoms with Crippen molar-refractivity contribution in [3.63, 3.8) is 0 Å². The molecule has 0 fully saturated rings. The van der Waals surface area contributed by atoms with E-state index in [4.69, 9.17) is 10.00 Å². The minimum Gasteiger partial charge on any atom is -0.497 e. The maximum Gasteiger partial charge on any atom is 0.193 e. The van der Waals surface area contributed by atoms with Gasteiger partial charge in [0.2, 0.25) is 0 Å². The molecular weight excluding hydrogens is 319 g/mol. The lowest BCUT2D eigenvalue weighted by molar-refractivity contribution is 0.414. The SMILES string of the molecule is CN=C(NCc1ccc(C#N)cc1F)N(C)Cc1ccc(OC)cc1. The van der Waals surface area contributed by atoms with Crippen molar-refractivity contribution in [3.05, 3.63) is 65.0 Å². The molecule has 2 rings (SSSR count). The number of guanidine groups is 1. The normalized spacial score (nSPS) is 10.9. The van der Waals surface area contributed by atoms with Crippen LogP contribution in [0.25, 0.3) is 0 Å². The quantitative estimate of drug-likeness (QED) is 0.671. The van der Waals surface area contributed by atoms with Gasteiger partial charge in [0.1, 0.15) is 11.6 Å². The molecule has 0 bridgehead atoms. The molecule has 0 unspecified atom stereocenters. The maximum atomic E-state index is 14.0. The molecule has 0 aliphatic heterocycles. The average molecular weight is 340 g/mol. The number of nitrogens with one attached hydrogen (secondary N) is 1. The smallest absolute Gasteiger partial charge is 0.193 e. The van der Waals surface area contributed by atoms with Crippen LogP contribution in [0, 0.1) is 17.1 Å². The standard InChI is InChI=1S/C19H21FN4O/c1-22-19(23-12-16-7-4-15(11-21)10-18(16)20)24(2)13-14-5-8-17(25-3)9-6-14/h4-10H,12-13H2,1-3H3,(H,22,23). The lowest BCUT2D eigenvalue weighted by Crippen LogP contribution is -2.38. The highest BCUT2D eigenvalue weighted by Gasteiger charge is 2.09. The maximum absolute atomic E-state index is 14.0. The van der Waals surface area contributed by atoms with Crippen LogP contribution in [0.4, 0.5) is 4.39 Å². The van der Waals surface area contributed by atoms with Gasteiger partial charge in [-0.3, -0.25) is 4.99 Å². The summed E-state index contributed by atoms with van der Waals surface area (Å²) in [6, 6.07) is 14.2. The van der Waals surface area contributed by atoms with Crippen LogP contribution in [-0.2, 0) is 13.1 Å². The third kappa shape index (κ3) is 4.95. The Hall–Kier alpha value is -3.07. The number of rotatable bonds is 5. The molecule has 130 valence electrons. The number of aliphatic imine (C=N–C) groups is 1. The van der Waals surface area contributed by atoms with Gasteiger partial charge in [-0.15, -0.1) is 0 Å². The van der Waals surface area contributed by atoms with Crippen LogP contribution >= 0.6 is 0 Å². The van der Waals surface area contributed by atoms with E-state index in [1.165, 1.54) is 6.07 Å². The second-order valence-electron chi connectivity index (χ2n) is 5.52. The summed E-state index contributed by atoms with van der Waals surface area (Å²) in [6.07, 6.45) is 0. The minimum absolute atomic E-state index is 0.289. The summed E-state index contributed by atoms with van der Waals surface area (Å²) < 4.78 is 19.1. The molecule has 6 heteroatoms. The third-order valence-corrected chi connectivity index (χ3v) is 3.77. The number of hydrogen-bond donors (Lipinski definition) is 1. The van der Waals surface area contributed by atoms with Gasteiger partial charge in [-0.25, -0.2) is 4.39 Å². The van der Waals surface area contributed by atoms with Crippen LogP contribution in [0.1, 0.15) is 16.7 Å². The Balaban J connectivity index is 1.98. The van der Waals surface area contributed by atoms with Crippen molar-refractivity contribution in [3.8, 4) is 11.8 Å². The van der Waals surface area contributed by atoms with E-state index in [1.807, 2.05) is 42.3 Å². The molecule has 0 amide bonds. The number of ether oxygens (including phenoxy) is 1. The van der Waals surface area contributed by atoms with E-state index in [2.05, 4.69) is 10.3 Å². The number of halogens is 1. The molecule has 25 heavy (non-hydrogen) atoms. The predicted octanol–water partition coefficient (Wildman–Crippen LogP) is 2.91. The van der Waals surface area contributed by atoms with Crippen molar-refractivity contribution in [2.24, 2.45) is 4.99 Å². The summed E-state index contributed by atoms with van der Waals surface area (Å²) in [4.78, 5) is 6.18. The van der Waals surface area contributed by atoms with Gasteiger partial charge in [0.15, 0.2) is 5.96 Å². The second-order valence-corrected chi connectivity index (χ2v) is 5.52. The van der Waals surface area contributed by atoms with Gasteiger partial charge in [-0.2, -0.15) is 5.26 Å². The molecular formula is C19H21FN4O. The molecule has 0 spiro atoms. The Labute approximate surface area is 147 Å². The highest BCUT2D eigenvalue weighted by atomic mass is 19.1.